The van der Waals surface area contributed by atoms with E-state index in [0.717, 1.165) is 22.0 Å². The van der Waals surface area contributed by atoms with Crippen LogP contribution in [0.2, 0.25) is 0 Å². The lowest BCUT2D eigenvalue weighted by Gasteiger charge is -2.26. The van der Waals surface area contributed by atoms with Gasteiger partial charge in [-0.25, -0.2) is 0 Å². The molecule has 1 N–H and O–H groups in total. The van der Waals surface area contributed by atoms with Gasteiger partial charge >= 0.3 is 0 Å². The molecule has 1 aliphatic heterocycles. The standard InChI is InChI=1S/C33H34N2O5/c1-7-40-27-16-15-20(17-25(27)33(2,3)4)30(36)28-29(24-19-34(5)26-14-9-8-13-23(24)26)35(32(38)31(28)37)21-11-10-12-22(18-21)39-6/h8-19,29,36H,7H2,1-6H3/b30-28+. The van der Waals surface area contributed by atoms with Gasteiger partial charge in [-0.05, 0) is 48.7 Å². The number of methoxy groups -OCH3 is 1. The Morgan fingerprint density at radius 3 is 2.45 bits per heavy atom. The summed E-state index contributed by atoms with van der Waals surface area (Å²) < 4.78 is 13.2. The highest BCUT2D eigenvalue weighted by atomic mass is 16.5. The van der Waals surface area contributed by atoms with Gasteiger partial charge in [0.15, 0.2) is 0 Å². The number of carbonyl (C=O) groups excluding carboxylic acids is 2. The molecule has 1 aliphatic rings. The monoisotopic (exact) mass is 538 g/mol. The molecule has 0 radical (unpaired) electrons. The first-order chi connectivity index (χ1) is 19.1. The molecule has 0 saturated carbocycles. The van der Waals surface area contributed by atoms with Crippen molar-refractivity contribution in [1.29, 1.82) is 0 Å². The summed E-state index contributed by atoms with van der Waals surface area (Å²) in [6.45, 7) is 8.61. The lowest BCUT2D eigenvalue weighted by Crippen LogP contribution is -2.29. The topological polar surface area (TPSA) is 81.0 Å². The quantitative estimate of drug-likeness (QED) is 0.172. The molecule has 0 aliphatic carbocycles. The van der Waals surface area contributed by atoms with Gasteiger partial charge in [0.25, 0.3) is 11.7 Å². The van der Waals surface area contributed by atoms with E-state index in [0.29, 0.717) is 29.4 Å². The fraction of sp³-hybridized carbons (Fsp3) is 0.273. The highest BCUT2D eigenvalue weighted by molar-refractivity contribution is 6.52. The minimum atomic E-state index is -0.858. The molecule has 0 spiro atoms. The maximum absolute atomic E-state index is 13.8. The minimum Gasteiger partial charge on any atom is -0.507 e. The van der Waals surface area contributed by atoms with Crippen molar-refractivity contribution in [2.75, 3.05) is 18.6 Å². The molecule has 1 fully saturated rings. The fourth-order valence-corrected chi connectivity index (χ4v) is 5.44. The molecule has 1 atom stereocenters. The lowest BCUT2D eigenvalue weighted by molar-refractivity contribution is -0.132. The van der Waals surface area contributed by atoms with Crippen LogP contribution in [0.5, 0.6) is 11.5 Å². The number of nitrogens with zero attached hydrogens (tertiary/aromatic N) is 2. The van der Waals surface area contributed by atoms with Gasteiger partial charge in [0.05, 0.1) is 25.3 Å². The predicted octanol–water partition coefficient (Wildman–Crippen LogP) is 6.51. The van der Waals surface area contributed by atoms with Crippen LogP contribution >= 0.6 is 0 Å². The van der Waals surface area contributed by atoms with E-state index in [-0.39, 0.29) is 16.7 Å². The number of para-hydroxylation sites is 1. The Morgan fingerprint density at radius 2 is 1.75 bits per heavy atom. The first-order valence-electron chi connectivity index (χ1n) is 13.3. The summed E-state index contributed by atoms with van der Waals surface area (Å²) >= 11 is 0. The molecule has 1 amide bonds. The number of aliphatic hydroxyl groups excluding tert-OH is 1. The van der Waals surface area contributed by atoms with E-state index in [9.17, 15) is 14.7 Å². The Labute approximate surface area is 234 Å². The first-order valence-corrected chi connectivity index (χ1v) is 13.3. The Balaban J connectivity index is 1.79. The van der Waals surface area contributed by atoms with Crippen LogP contribution in [0.25, 0.3) is 16.7 Å². The van der Waals surface area contributed by atoms with Gasteiger partial charge in [0.2, 0.25) is 0 Å². The van der Waals surface area contributed by atoms with E-state index >= 15 is 0 Å². The summed E-state index contributed by atoms with van der Waals surface area (Å²) in [5, 5.41) is 12.7. The average molecular weight is 539 g/mol. The number of carbonyl (C=O) groups is 2. The van der Waals surface area contributed by atoms with Crippen LogP contribution in [0.4, 0.5) is 5.69 Å². The molecule has 1 saturated heterocycles. The predicted molar refractivity (Wildman–Crippen MR) is 157 cm³/mol. The van der Waals surface area contributed by atoms with E-state index in [2.05, 4.69) is 20.8 Å². The third-order valence-corrected chi connectivity index (χ3v) is 7.36. The zero-order valence-electron chi connectivity index (χ0n) is 23.7. The molecule has 0 bridgehead atoms. The van der Waals surface area contributed by atoms with Crippen LogP contribution in [0.3, 0.4) is 0 Å². The largest absolute Gasteiger partial charge is 0.507 e. The maximum Gasteiger partial charge on any atom is 0.300 e. The van der Waals surface area contributed by atoms with Gasteiger partial charge in [0, 0.05) is 52.6 Å². The zero-order valence-corrected chi connectivity index (χ0v) is 23.7. The van der Waals surface area contributed by atoms with E-state index < -0.39 is 17.7 Å². The van der Waals surface area contributed by atoms with Gasteiger partial charge in [-0.1, -0.05) is 45.0 Å². The Bertz CT molecular complexity index is 1660. The molecule has 3 aromatic carbocycles. The summed E-state index contributed by atoms with van der Waals surface area (Å²) in [5.74, 6) is -0.416. The van der Waals surface area contributed by atoms with Crippen molar-refractivity contribution in [3.63, 3.8) is 0 Å². The first kappa shape index (κ1) is 27.1. The zero-order chi connectivity index (χ0) is 28.8. The summed E-state index contributed by atoms with van der Waals surface area (Å²) in [5.41, 5.74) is 3.27. The van der Waals surface area contributed by atoms with E-state index in [1.165, 1.54) is 4.90 Å². The molecule has 7 nitrogen and oxygen atoms in total. The van der Waals surface area contributed by atoms with Crippen LogP contribution < -0.4 is 14.4 Å². The van der Waals surface area contributed by atoms with Gasteiger partial charge in [-0.2, -0.15) is 0 Å². The summed E-state index contributed by atoms with van der Waals surface area (Å²) in [4.78, 5) is 28.9. The third kappa shape index (κ3) is 4.51. The number of aliphatic hydroxyl groups is 1. The molecular formula is C33H34N2O5. The summed E-state index contributed by atoms with van der Waals surface area (Å²) in [7, 11) is 3.47. The second-order valence-corrected chi connectivity index (χ2v) is 11.0. The molecule has 1 unspecified atom stereocenters. The van der Waals surface area contributed by atoms with Gasteiger partial charge in [-0.15, -0.1) is 0 Å². The van der Waals surface area contributed by atoms with Gasteiger partial charge in [-0.3, -0.25) is 14.5 Å². The van der Waals surface area contributed by atoms with Crippen LogP contribution in [0, 0.1) is 0 Å². The molecule has 7 heteroatoms. The Hall–Kier alpha value is -4.52. The van der Waals surface area contributed by atoms with Crippen LogP contribution in [0.15, 0.2) is 78.5 Å². The van der Waals surface area contributed by atoms with Gasteiger partial charge < -0.3 is 19.1 Å². The van der Waals surface area contributed by atoms with Crippen LogP contribution in [-0.2, 0) is 22.1 Å². The number of hydrogen-bond donors (Lipinski definition) is 1. The van der Waals surface area contributed by atoms with Crippen molar-refractivity contribution in [2.45, 2.75) is 39.2 Å². The highest BCUT2D eigenvalue weighted by Crippen LogP contribution is 2.45. The number of anilines is 1. The molecular weight excluding hydrogens is 504 g/mol. The van der Waals surface area contributed by atoms with Crippen molar-refractivity contribution >= 4 is 34.0 Å². The normalized spacial score (nSPS) is 17.1. The number of Topliss-reactive ketones (excluding diaryl/α,β-unsaturated/α-hetero) is 1. The maximum atomic E-state index is 13.8. The fourth-order valence-electron chi connectivity index (χ4n) is 5.44. The molecule has 40 heavy (non-hydrogen) atoms. The molecule has 2 heterocycles. The van der Waals surface area contributed by atoms with E-state index in [1.807, 2.05) is 61.1 Å². The van der Waals surface area contributed by atoms with Gasteiger partial charge in [0.1, 0.15) is 17.3 Å². The number of benzene rings is 3. The van der Waals surface area contributed by atoms with Crippen molar-refractivity contribution in [2.24, 2.45) is 7.05 Å². The molecule has 206 valence electrons. The number of hydrogen-bond acceptors (Lipinski definition) is 5. The number of aromatic nitrogens is 1. The number of rotatable bonds is 6. The van der Waals surface area contributed by atoms with Crippen molar-refractivity contribution in [1.82, 2.24) is 4.57 Å². The van der Waals surface area contributed by atoms with Crippen LogP contribution in [-0.4, -0.2) is 35.1 Å². The van der Waals surface area contributed by atoms with Crippen molar-refractivity contribution in [3.05, 3.63) is 95.2 Å². The highest BCUT2D eigenvalue weighted by Gasteiger charge is 2.48. The van der Waals surface area contributed by atoms with E-state index in [1.54, 1.807) is 37.4 Å². The summed E-state index contributed by atoms with van der Waals surface area (Å²) in [6.07, 6.45) is 1.92. The smallest absolute Gasteiger partial charge is 0.300 e. The molecule has 5 rings (SSSR count). The Morgan fingerprint density at radius 1 is 1.00 bits per heavy atom. The van der Waals surface area contributed by atoms with Crippen molar-refractivity contribution in [3.8, 4) is 11.5 Å². The third-order valence-electron chi connectivity index (χ3n) is 7.36. The molecule has 4 aromatic rings. The van der Waals surface area contributed by atoms with E-state index in [4.69, 9.17) is 9.47 Å². The lowest BCUT2D eigenvalue weighted by atomic mass is 9.84. The van der Waals surface area contributed by atoms with Crippen LogP contribution in [0.1, 0.15) is 50.4 Å². The second-order valence-electron chi connectivity index (χ2n) is 11.0. The average Bonchev–Trinajstić information content (AvgIpc) is 3.41. The summed E-state index contributed by atoms with van der Waals surface area (Å²) in [6, 6.07) is 19.4. The SMILES string of the molecule is CCOc1ccc(/C(O)=C2\C(=O)C(=O)N(c3cccc(OC)c3)C2c2cn(C)c3ccccc23)cc1C(C)(C)C. The number of ether oxygens (including phenoxy) is 2. The number of aryl methyl sites for hydroxylation is 1. The Kier molecular flexibility index (Phi) is 6.92. The molecule has 1 aromatic heterocycles. The number of amides is 1. The number of fused-ring (bicyclic) bond motifs is 1. The minimum absolute atomic E-state index is 0.0354. The number of ketones is 1. The van der Waals surface area contributed by atoms with Crippen molar-refractivity contribution < 1.29 is 24.2 Å². The second kappa shape index (κ2) is 10.2.